The first-order chi connectivity index (χ1) is 7.11. The molecule has 1 atom stereocenters. The van der Waals surface area contributed by atoms with Gasteiger partial charge in [0, 0.05) is 10.5 Å². The van der Waals surface area contributed by atoms with Gasteiger partial charge in [0.2, 0.25) is 0 Å². The lowest BCUT2D eigenvalue weighted by molar-refractivity contribution is 0.441. The second kappa shape index (κ2) is 6.29. The Morgan fingerprint density at radius 1 is 1.20 bits per heavy atom. The van der Waals surface area contributed by atoms with Gasteiger partial charge >= 0.3 is 0 Å². The standard InChI is InChI=1S/C13H20BrN/c1-10(2)8-13(15-3)9-11-4-6-12(14)7-5-11/h4-7,10,13,15H,8-9H2,1-3H3/t13-/m0/s1. The van der Waals surface area contributed by atoms with Crippen LogP contribution in [-0.2, 0) is 6.42 Å². The Balaban J connectivity index is 2.54. The van der Waals surface area contributed by atoms with E-state index in [0.717, 1.165) is 16.8 Å². The largest absolute Gasteiger partial charge is 0.317 e. The third-order valence-electron chi connectivity index (χ3n) is 2.56. The summed E-state index contributed by atoms with van der Waals surface area (Å²) in [5, 5.41) is 3.38. The van der Waals surface area contributed by atoms with E-state index < -0.39 is 0 Å². The van der Waals surface area contributed by atoms with Crippen molar-refractivity contribution in [1.82, 2.24) is 5.32 Å². The van der Waals surface area contributed by atoms with E-state index in [4.69, 9.17) is 0 Å². The minimum atomic E-state index is 0.589. The summed E-state index contributed by atoms with van der Waals surface area (Å²) in [4.78, 5) is 0. The number of rotatable bonds is 5. The summed E-state index contributed by atoms with van der Waals surface area (Å²) < 4.78 is 1.15. The molecule has 0 radical (unpaired) electrons. The lowest BCUT2D eigenvalue weighted by Crippen LogP contribution is -2.29. The Hall–Kier alpha value is -0.340. The molecular weight excluding hydrogens is 250 g/mol. The smallest absolute Gasteiger partial charge is 0.0175 e. The zero-order chi connectivity index (χ0) is 11.3. The molecular formula is C13H20BrN. The highest BCUT2D eigenvalue weighted by molar-refractivity contribution is 9.10. The van der Waals surface area contributed by atoms with E-state index in [1.54, 1.807) is 0 Å². The Morgan fingerprint density at radius 3 is 2.27 bits per heavy atom. The average Bonchev–Trinajstić information content (AvgIpc) is 2.19. The highest BCUT2D eigenvalue weighted by Gasteiger charge is 2.09. The van der Waals surface area contributed by atoms with Crippen LogP contribution in [0.15, 0.2) is 28.7 Å². The Bertz CT molecular complexity index is 279. The second-order valence-electron chi connectivity index (χ2n) is 4.45. The molecule has 1 N–H and O–H groups in total. The molecule has 0 aliphatic heterocycles. The van der Waals surface area contributed by atoms with E-state index in [2.05, 4.69) is 59.4 Å². The fraction of sp³-hybridized carbons (Fsp3) is 0.538. The van der Waals surface area contributed by atoms with Crippen molar-refractivity contribution in [2.75, 3.05) is 7.05 Å². The van der Waals surface area contributed by atoms with E-state index in [-0.39, 0.29) is 0 Å². The van der Waals surface area contributed by atoms with Gasteiger partial charge in [-0.05, 0) is 43.5 Å². The lowest BCUT2D eigenvalue weighted by atomic mass is 9.97. The summed E-state index contributed by atoms with van der Waals surface area (Å²) in [6.45, 7) is 4.54. The van der Waals surface area contributed by atoms with Crippen LogP contribution in [0.5, 0.6) is 0 Å². The maximum atomic E-state index is 3.45. The van der Waals surface area contributed by atoms with Crippen LogP contribution < -0.4 is 5.32 Å². The van der Waals surface area contributed by atoms with Crippen molar-refractivity contribution in [2.45, 2.75) is 32.7 Å². The molecule has 1 aromatic rings. The first-order valence-electron chi connectivity index (χ1n) is 5.53. The van der Waals surface area contributed by atoms with Crippen molar-refractivity contribution in [3.63, 3.8) is 0 Å². The number of benzene rings is 1. The van der Waals surface area contributed by atoms with Crippen molar-refractivity contribution in [3.8, 4) is 0 Å². The van der Waals surface area contributed by atoms with Crippen LogP contribution in [0, 0.1) is 5.92 Å². The Kier molecular flexibility index (Phi) is 5.34. The van der Waals surface area contributed by atoms with Crippen LogP contribution in [0.3, 0.4) is 0 Å². The van der Waals surface area contributed by atoms with Crippen LogP contribution in [0.25, 0.3) is 0 Å². The van der Waals surface area contributed by atoms with E-state index in [1.165, 1.54) is 12.0 Å². The van der Waals surface area contributed by atoms with Gasteiger partial charge in [-0.3, -0.25) is 0 Å². The zero-order valence-corrected chi connectivity index (χ0v) is 11.3. The molecule has 1 aromatic carbocycles. The highest BCUT2D eigenvalue weighted by Crippen LogP contribution is 2.14. The molecule has 0 saturated heterocycles. The topological polar surface area (TPSA) is 12.0 Å². The molecule has 1 nitrogen and oxygen atoms in total. The summed E-state index contributed by atoms with van der Waals surface area (Å²) in [6.07, 6.45) is 2.34. The van der Waals surface area contributed by atoms with E-state index in [1.807, 2.05) is 7.05 Å². The van der Waals surface area contributed by atoms with Gasteiger partial charge in [-0.25, -0.2) is 0 Å². The predicted molar refractivity (Wildman–Crippen MR) is 70.1 cm³/mol. The molecule has 15 heavy (non-hydrogen) atoms. The van der Waals surface area contributed by atoms with Gasteiger partial charge < -0.3 is 5.32 Å². The highest BCUT2D eigenvalue weighted by atomic mass is 79.9. The fourth-order valence-electron chi connectivity index (χ4n) is 1.78. The minimum Gasteiger partial charge on any atom is -0.317 e. The molecule has 0 fully saturated rings. The monoisotopic (exact) mass is 269 g/mol. The number of nitrogens with one attached hydrogen (secondary N) is 1. The molecule has 0 aliphatic rings. The quantitative estimate of drug-likeness (QED) is 0.861. The van der Waals surface area contributed by atoms with Gasteiger partial charge in [0.25, 0.3) is 0 Å². The van der Waals surface area contributed by atoms with Gasteiger partial charge in [-0.2, -0.15) is 0 Å². The van der Waals surface area contributed by atoms with Gasteiger partial charge in [-0.15, -0.1) is 0 Å². The molecule has 2 heteroatoms. The molecule has 0 amide bonds. The summed E-state index contributed by atoms with van der Waals surface area (Å²) in [7, 11) is 2.05. The molecule has 0 spiro atoms. The van der Waals surface area contributed by atoms with Crippen molar-refractivity contribution in [1.29, 1.82) is 0 Å². The molecule has 0 heterocycles. The van der Waals surface area contributed by atoms with Gasteiger partial charge in [0.15, 0.2) is 0 Å². The molecule has 1 rings (SSSR count). The summed E-state index contributed by atoms with van der Waals surface area (Å²) in [5.74, 6) is 0.748. The number of likely N-dealkylation sites (N-methyl/N-ethyl adjacent to an activating group) is 1. The van der Waals surface area contributed by atoms with E-state index in [9.17, 15) is 0 Å². The molecule has 0 aliphatic carbocycles. The summed E-state index contributed by atoms with van der Waals surface area (Å²) >= 11 is 3.45. The number of hydrogen-bond donors (Lipinski definition) is 1. The SMILES string of the molecule is CN[C@H](Cc1ccc(Br)cc1)CC(C)C. The predicted octanol–water partition coefficient (Wildman–Crippen LogP) is 3.63. The number of halogens is 1. The van der Waals surface area contributed by atoms with Crippen molar-refractivity contribution >= 4 is 15.9 Å². The molecule has 0 bridgehead atoms. The summed E-state index contributed by atoms with van der Waals surface area (Å²) in [6, 6.07) is 9.18. The molecule has 84 valence electrons. The Morgan fingerprint density at radius 2 is 1.80 bits per heavy atom. The van der Waals surface area contributed by atoms with Crippen LogP contribution in [-0.4, -0.2) is 13.1 Å². The molecule has 0 aromatic heterocycles. The number of hydrogen-bond acceptors (Lipinski definition) is 1. The third kappa shape index (κ3) is 4.80. The first-order valence-corrected chi connectivity index (χ1v) is 6.33. The average molecular weight is 270 g/mol. The van der Waals surface area contributed by atoms with Crippen molar-refractivity contribution in [3.05, 3.63) is 34.3 Å². The third-order valence-corrected chi connectivity index (χ3v) is 3.09. The van der Waals surface area contributed by atoms with Crippen LogP contribution >= 0.6 is 15.9 Å². The van der Waals surface area contributed by atoms with Crippen LogP contribution in [0.2, 0.25) is 0 Å². The van der Waals surface area contributed by atoms with Gasteiger partial charge in [0.1, 0.15) is 0 Å². The van der Waals surface area contributed by atoms with Gasteiger partial charge in [0.05, 0.1) is 0 Å². The van der Waals surface area contributed by atoms with E-state index >= 15 is 0 Å². The zero-order valence-electron chi connectivity index (χ0n) is 9.76. The van der Waals surface area contributed by atoms with Crippen LogP contribution in [0.4, 0.5) is 0 Å². The van der Waals surface area contributed by atoms with Gasteiger partial charge in [-0.1, -0.05) is 41.9 Å². The van der Waals surface area contributed by atoms with Crippen LogP contribution in [0.1, 0.15) is 25.8 Å². The fourth-order valence-corrected chi connectivity index (χ4v) is 2.04. The second-order valence-corrected chi connectivity index (χ2v) is 5.36. The normalized spacial score (nSPS) is 13.1. The minimum absolute atomic E-state index is 0.589. The lowest BCUT2D eigenvalue weighted by Gasteiger charge is -2.18. The van der Waals surface area contributed by atoms with Crippen molar-refractivity contribution < 1.29 is 0 Å². The Labute approximate surface area is 101 Å². The maximum absolute atomic E-state index is 3.45. The first kappa shape index (κ1) is 12.7. The molecule has 0 saturated carbocycles. The van der Waals surface area contributed by atoms with E-state index in [0.29, 0.717) is 6.04 Å². The maximum Gasteiger partial charge on any atom is 0.0175 e. The van der Waals surface area contributed by atoms with Crippen molar-refractivity contribution in [2.24, 2.45) is 5.92 Å². The summed E-state index contributed by atoms with van der Waals surface area (Å²) in [5.41, 5.74) is 1.40. The molecule has 0 unspecified atom stereocenters.